The van der Waals surface area contributed by atoms with Crippen LogP contribution >= 0.6 is 0 Å². The second-order valence-corrected chi connectivity index (χ2v) is 6.90. The van der Waals surface area contributed by atoms with E-state index in [4.69, 9.17) is 4.52 Å². The molecule has 1 saturated heterocycles. The molecule has 2 aromatic heterocycles. The fourth-order valence-corrected chi connectivity index (χ4v) is 3.58. The molecule has 0 bridgehead atoms. The molecule has 142 valence electrons. The predicted octanol–water partition coefficient (Wildman–Crippen LogP) is 4.00. The van der Waals surface area contributed by atoms with Crippen molar-refractivity contribution in [2.24, 2.45) is 0 Å². The molecular weight excluding hydrogens is 332 g/mol. The Morgan fingerprint density at radius 3 is 2.77 bits per heavy atom. The number of carbonyl (C=O) groups excluding carboxylic acids is 1. The lowest BCUT2D eigenvalue weighted by Gasteiger charge is -2.33. The van der Waals surface area contributed by atoms with Crippen molar-refractivity contribution in [3.8, 4) is 0 Å². The van der Waals surface area contributed by atoms with Gasteiger partial charge in [-0.1, -0.05) is 19.0 Å². The van der Waals surface area contributed by atoms with Crippen LogP contribution in [-0.4, -0.2) is 37.4 Å². The molecule has 0 saturated carbocycles. The van der Waals surface area contributed by atoms with Gasteiger partial charge in [-0.15, -0.1) is 0 Å². The van der Waals surface area contributed by atoms with Crippen LogP contribution in [0.25, 0.3) is 0 Å². The van der Waals surface area contributed by atoms with Crippen molar-refractivity contribution in [1.29, 1.82) is 0 Å². The van der Waals surface area contributed by atoms with E-state index in [1.54, 1.807) is 11.8 Å². The molecule has 0 unspecified atom stereocenters. The smallest absolute Gasteiger partial charge is 0.323 e. The highest BCUT2D eigenvalue weighted by atomic mass is 16.5. The van der Waals surface area contributed by atoms with E-state index >= 15 is 0 Å². The summed E-state index contributed by atoms with van der Waals surface area (Å²) in [6, 6.07) is 1.88. The van der Waals surface area contributed by atoms with E-state index in [-0.39, 0.29) is 18.1 Å². The van der Waals surface area contributed by atoms with Crippen molar-refractivity contribution in [3.63, 3.8) is 0 Å². The minimum Gasteiger partial charge on any atom is -0.337 e. The second-order valence-electron chi connectivity index (χ2n) is 6.90. The summed E-state index contributed by atoms with van der Waals surface area (Å²) in [5.74, 6) is 1.85. The van der Waals surface area contributed by atoms with Crippen molar-refractivity contribution in [2.45, 2.75) is 71.9 Å². The summed E-state index contributed by atoms with van der Waals surface area (Å²) < 4.78 is 7.27. The normalized spacial score (nSPS) is 17.7. The van der Waals surface area contributed by atoms with Crippen LogP contribution in [0.1, 0.15) is 75.4 Å². The van der Waals surface area contributed by atoms with E-state index in [9.17, 15) is 4.79 Å². The monoisotopic (exact) mass is 360 g/mol. The number of aromatic nitrogens is 4. The number of likely N-dealkylation sites (tertiary alicyclic amines) is 1. The van der Waals surface area contributed by atoms with Gasteiger partial charge in [0.05, 0.1) is 11.7 Å². The maximum Gasteiger partial charge on any atom is 0.323 e. The number of nitrogens with zero attached hydrogens (tertiary/aromatic N) is 5. The van der Waals surface area contributed by atoms with Gasteiger partial charge in [0.2, 0.25) is 5.89 Å². The van der Waals surface area contributed by atoms with Crippen LogP contribution in [0.2, 0.25) is 0 Å². The first-order valence-electron chi connectivity index (χ1n) is 9.47. The molecule has 1 N–H and O–H groups in total. The molecule has 0 spiro atoms. The van der Waals surface area contributed by atoms with Crippen LogP contribution in [0.3, 0.4) is 0 Å². The van der Waals surface area contributed by atoms with E-state index in [2.05, 4.69) is 34.4 Å². The van der Waals surface area contributed by atoms with E-state index in [1.807, 2.05) is 17.7 Å². The highest BCUT2D eigenvalue weighted by molar-refractivity contribution is 5.88. The van der Waals surface area contributed by atoms with Gasteiger partial charge < -0.3 is 9.42 Å². The van der Waals surface area contributed by atoms with Crippen molar-refractivity contribution < 1.29 is 9.32 Å². The number of carbonyl (C=O) groups is 1. The Morgan fingerprint density at radius 1 is 1.35 bits per heavy atom. The van der Waals surface area contributed by atoms with Gasteiger partial charge in [-0.25, -0.2) is 9.48 Å². The zero-order chi connectivity index (χ0) is 18.7. The molecule has 1 aliphatic rings. The quantitative estimate of drug-likeness (QED) is 0.870. The SMILES string of the molecule is CCC(CC)n1nc(C)cc1NC(=O)N1CCCC[C@@H]1c1nc(C)no1. The van der Waals surface area contributed by atoms with Crippen molar-refractivity contribution >= 4 is 11.8 Å². The predicted molar refractivity (Wildman–Crippen MR) is 97.9 cm³/mol. The molecular formula is C18H28N6O2. The second kappa shape index (κ2) is 7.88. The average Bonchev–Trinajstić information content (AvgIpc) is 3.22. The molecule has 2 amide bonds. The standard InChI is InChI=1S/C18H28N6O2/c1-5-14(6-2)24-16(11-12(3)21-24)20-18(25)23-10-8-7-9-15(23)17-19-13(4)22-26-17/h11,14-15H,5-10H2,1-4H3,(H,20,25)/t15-/m1/s1. The third-order valence-electron chi connectivity index (χ3n) is 4.97. The Hall–Kier alpha value is -2.38. The van der Waals surface area contributed by atoms with Gasteiger partial charge in [-0.2, -0.15) is 10.1 Å². The minimum atomic E-state index is -0.171. The van der Waals surface area contributed by atoms with Crippen molar-refractivity contribution in [2.75, 3.05) is 11.9 Å². The lowest BCUT2D eigenvalue weighted by atomic mass is 10.0. The van der Waals surface area contributed by atoms with Gasteiger partial charge in [0.25, 0.3) is 0 Å². The number of aryl methyl sites for hydroxylation is 2. The van der Waals surface area contributed by atoms with E-state index in [0.717, 1.165) is 43.6 Å². The molecule has 8 heteroatoms. The molecule has 3 heterocycles. The largest absolute Gasteiger partial charge is 0.337 e. The molecule has 1 atom stereocenters. The summed E-state index contributed by atoms with van der Waals surface area (Å²) in [7, 11) is 0. The zero-order valence-corrected chi connectivity index (χ0v) is 16.0. The molecule has 0 aromatic carbocycles. The topological polar surface area (TPSA) is 89.1 Å². The van der Waals surface area contributed by atoms with E-state index in [0.29, 0.717) is 18.3 Å². The van der Waals surface area contributed by atoms with Crippen LogP contribution < -0.4 is 5.32 Å². The number of rotatable bonds is 5. The first kappa shape index (κ1) is 18.4. The number of piperidine rings is 1. The first-order chi connectivity index (χ1) is 12.5. The summed E-state index contributed by atoms with van der Waals surface area (Å²) in [5.41, 5.74) is 0.898. The molecule has 0 aliphatic carbocycles. The van der Waals surface area contributed by atoms with Gasteiger partial charge in [0.15, 0.2) is 5.82 Å². The van der Waals surface area contributed by atoms with Crippen molar-refractivity contribution in [1.82, 2.24) is 24.8 Å². The maximum atomic E-state index is 13.0. The molecule has 1 fully saturated rings. The Morgan fingerprint density at radius 2 is 2.12 bits per heavy atom. The Balaban J connectivity index is 1.80. The van der Waals surface area contributed by atoms with Crippen LogP contribution in [-0.2, 0) is 0 Å². The summed E-state index contributed by atoms with van der Waals surface area (Å²) in [5, 5.41) is 11.5. The molecule has 26 heavy (non-hydrogen) atoms. The lowest BCUT2D eigenvalue weighted by molar-refractivity contribution is 0.142. The summed E-state index contributed by atoms with van der Waals surface area (Å²) >= 11 is 0. The maximum absolute atomic E-state index is 13.0. The molecule has 1 aliphatic heterocycles. The molecule has 8 nitrogen and oxygen atoms in total. The minimum absolute atomic E-state index is 0.141. The van der Waals surface area contributed by atoms with Gasteiger partial charge in [-0.05, 0) is 46.0 Å². The third-order valence-corrected chi connectivity index (χ3v) is 4.97. The van der Waals surface area contributed by atoms with Gasteiger partial charge in [-0.3, -0.25) is 5.32 Å². The number of urea groups is 1. The number of amides is 2. The number of nitrogens with one attached hydrogen (secondary N) is 1. The van der Waals surface area contributed by atoms with Gasteiger partial charge >= 0.3 is 6.03 Å². The van der Waals surface area contributed by atoms with Crippen molar-refractivity contribution in [3.05, 3.63) is 23.5 Å². The highest BCUT2D eigenvalue weighted by Gasteiger charge is 2.32. The fourth-order valence-electron chi connectivity index (χ4n) is 3.58. The van der Waals surface area contributed by atoms with Crippen LogP contribution in [0.5, 0.6) is 0 Å². The van der Waals surface area contributed by atoms with Gasteiger partial charge in [0.1, 0.15) is 11.9 Å². The average molecular weight is 360 g/mol. The summed E-state index contributed by atoms with van der Waals surface area (Å²) in [6.45, 7) is 8.68. The van der Waals surface area contributed by atoms with Crippen LogP contribution in [0.4, 0.5) is 10.6 Å². The van der Waals surface area contributed by atoms with E-state index in [1.165, 1.54) is 0 Å². The number of hydrogen-bond acceptors (Lipinski definition) is 5. The molecule has 0 radical (unpaired) electrons. The lowest BCUT2D eigenvalue weighted by Crippen LogP contribution is -2.41. The first-order valence-corrected chi connectivity index (χ1v) is 9.47. The number of hydrogen-bond donors (Lipinski definition) is 1. The van der Waals surface area contributed by atoms with Crippen LogP contribution in [0.15, 0.2) is 10.6 Å². The molecule has 2 aromatic rings. The summed E-state index contributed by atoms with van der Waals surface area (Å²) in [6.07, 6.45) is 4.78. The summed E-state index contributed by atoms with van der Waals surface area (Å²) in [4.78, 5) is 19.1. The Labute approximate surface area is 153 Å². The third kappa shape index (κ3) is 3.73. The highest BCUT2D eigenvalue weighted by Crippen LogP contribution is 2.31. The van der Waals surface area contributed by atoms with E-state index < -0.39 is 0 Å². The fraction of sp³-hybridized carbons (Fsp3) is 0.667. The molecule has 3 rings (SSSR count). The zero-order valence-electron chi connectivity index (χ0n) is 16.0. The van der Waals surface area contributed by atoms with Gasteiger partial charge in [0, 0.05) is 12.6 Å². The van der Waals surface area contributed by atoms with Crippen LogP contribution in [0, 0.1) is 13.8 Å². The Bertz CT molecular complexity index is 749. The number of anilines is 1. The Kier molecular flexibility index (Phi) is 5.58.